The van der Waals surface area contributed by atoms with Gasteiger partial charge in [-0.05, 0) is 59.0 Å². The minimum atomic E-state index is -1.27. The molecule has 0 spiro atoms. The number of aliphatic hydroxyl groups excluding tert-OH is 2. The number of nitrogens with one attached hydrogen (secondary N) is 1. The highest BCUT2D eigenvalue weighted by Crippen LogP contribution is 2.31. The number of aliphatic hydroxyl groups is 2. The smallest absolute Gasteiger partial charge is 0.349 e. The lowest BCUT2D eigenvalue weighted by Gasteiger charge is -2.40. The molecule has 0 saturated carbocycles. The fourth-order valence-electron chi connectivity index (χ4n) is 4.75. The second-order valence-electron chi connectivity index (χ2n) is 9.50. The van der Waals surface area contributed by atoms with Crippen molar-refractivity contribution in [2.24, 2.45) is 0 Å². The molecule has 10 nitrogen and oxygen atoms in total. The number of carbonyl (C=O) groups is 2. The number of halogens is 1. The van der Waals surface area contributed by atoms with Crippen molar-refractivity contribution in [3.8, 4) is 5.75 Å². The molecule has 2 amide bonds. The van der Waals surface area contributed by atoms with Crippen LogP contribution in [0.25, 0.3) is 11.0 Å². The first-order chi connectivity index (χ1) is 19.9. The van der Waals surface area contributed by atoms with Crippen LogP contribution >= 0.6 is 22.6 Å². The third kappa shape index (κ3) is 6.37. The zero-order valence-corrected chi connectivity index (χ0v) is 23.9. The molecular formula is C30H27IN2O8. The topological polar surface area (TPSA) is 142 Å². The Balaban J connectivity index is 1.56. The Labute approximate surface area is 248 Å². The number of furan rings is 1. The molecule has 2 heterocycles. The van der Waals surface area contributed by atoms with E-state index in [4.69, 9.17) is 13.6 Å². The van der Waals surface area contributed by atoms with Crippen molar-refractivity contribution in [2.75, 3.05) is 13.2 Å². The summed E-state index contributed by atoms with van der Waals surface area (Å²) in [5.74, 6) is -0.653. The molecule has 0 radical (unpaired) electrons. The van der Waals surface area contributed by atoms with Gasteiger partial charge in [0.15, 0.2) is 0 Å². The molecular weight excluding hydrogens is 643 g/mol. The normalized spacial score (nSPS) is 18.5. The predicted molar refractivity (Wildman–Crippen MR) is 157 cm³/mol. The van der Waals surface area contributed by atoms with Crippen LogP contribution < -0.4 is 15.7 Å². The molecule has 11 heteroatoms. The molecule has 5 rings (SSSR count). The summed E-state index contributed by atoms with van der Waals surface area (Å²) < 4.78 is 17.6. The highest BCUT2D eigenvalue weighted by atomic mass is 127. The number of fused-ring (bicyclic) bond motifs is 1. The van der Waals surface area contributed by atoms with Crippen molar-refractivity contribution >= 4 is 45.4 Å². The summed E-state index contributed by atoms with van der Waals surface area (Å²) in [7, 11) is 0. The zero-order chi connectivity index (χ0) is 28.9. The average molecular weight is 670 g/mol. The molecule has 0 fully saturated rings. The van der Waals surface area contributed by atoms with E-state index in [1.165, 1.54) is 29.6 Å². The van der Waals surface area contributed by atoms with E-state index in [9.17, 15) is 24.6 Å². The van der Waals surface area contributed by atoms with Crippen LogP contribution in [0.4, 0.5) is 0 Å². The fraction of sp³-hybridized carbons (Fsp3) is 0.233. The molecule has 41 heavy (non-hydrogen) atoms. The predicted octanol–water partition coefficient (Wildman–Crippen LogP) is 3.25. The third-order valence-corrected chi connectivity index (χ3v) is 7.67. The maximum atomic E-state index is 14.1. The number of carbonyl (C=O) groups excluding carboxylic acids is 2. The second kappa shape index (κ2) is 12.7. The van der Waals surface area contributed by atoms with E-state index >= 15 is 0 Å². The molecule has 212 valence electrons. The molecule has 3 atom stereocenters. The van der Waals surface area contributed by atoms with Crippen LogP contribution in [-0.2, 0) is 11.3 Å². The molecule has 0 saturated heterocycles. The Hall–Kier alpha value is -3.94. The first-order valence-electron chi connectivity index (χ1n) is 12.9. The van der Waals surface area contributed by atoms with Crippen molar-refractivity contribution < 1.29 is 33.4 Å². The van der Waals surface area contributed by atoms with Gasteiger partial charge < -0.3 is 34.0 Å². The maximum absolute atomic E-state index is 14.1. The summed E-state index contributed by atoms with van der Waals surface area (Å²) in [6.07, 6.45) is 2.13. The van der Waals surface area contributed by atoms with Crippen LogP contribution in [0.5, 0.6) is 5.75 Å². The highest BCUT2D eigenvalue weighted by molar-refractivity contribution is 14.1. The van der Waals surface area contributed by atoms with Crippen LogP contribution in [-0.4, -0.2) is 58.3 Å². The van der Waals surface area contributed by atoms with E-state index in [1.54, 1.807) is 42.5 Å². The van der Waals surface area contributed by atoms with Gasteiger partial charge in [0.1, 0.15) is 29.1 Å². The number of nitrogens with zero attached hydrogens (tertiary/aromatic N) is 1. The lowest BCUT2D eigenvalue weighted by Crippen LogP contribution is -2.55. The fourth-order valence-corrected chi connectivity index (χ4v) is 5.27. The average Bonchev–Trinajstić information content (AvgIpc) is 3.49. The second-order valence-corrected chi connectivity index (χ2v) is 10.7. The number of para-hydroxylation sites is 2. The summed E-state index contributed by atoms with van der Waals surface area (Å²) in [6, 6.07) is 16.2. The van der Waals surface area contributed by atoms with Gasteiger partial charge in [0.25, 0.3) is 5.91 Å². The van der Waals surface area contributed by atoms with Crippen LogP contribution in [0.15, 0.2) is 98.5 Å². The van der Waals surface area contributed by atoms with Gasteiger partial charge in [-0.25, -0.2) is 4.79 Å². The number of hydrogen-bond acceptors (Lipinski definition) is 8. The lowest BCUT2D eigenvalue weighted by molar-refractivity contribution is -0.118. The first kappa shape index (κ1) is 28.6. The van der Waals surface area contributed by atoms with Crippen molar-refractivity contribution in [1.82, 2.24) is 10.2 Å². The van der Waals surface area contributed by atoms with Gasteiger partial charge in [0.05, 0.1) is 28.7 Å². The minimum Gasteiger partial charge on any atom is -0.482 e. The summed E-state index contributed by atoms with van der Waals surface area (Å²) >= 11 is 2.11. The van der Waals surface area contributed by atoms with Gasteiger partial charge in [-0.1, -0.05) is 30.3 Å². The van der Waals surface area contributed by atoms with E-state index in [1.807, 2.05) is 12.1 Å². The molecule has 4 aromatic rings. The van der Waals surface area contributed by atoms with E-state index < -0.39 is 35.7 Å². The minimum absolute atomic E-state index is 0.0234. The lowest BCUT2D eigenvalue weighted by atomic mass is 9.87. The molecule has 2 aromatic carbocycles. The van der Waals surface area contributed by atoms with Crippen molar-refractivity contribution in [3.05, 3.63) is 110 Å². The van der Waals surface area contributed by atoms with Crippen molar-refractivity contribution in [3.63, 3.8) is 0 Å². The number of amides is 2. The molecule has 2 aromatic heterocycles. The number of benzene rings is 2. The Kier molecular flexibility index (Phi) is 8.86. The van der Waals surface area contributed by atoms with E-state index in [0.29, 0.717) is 22.3 Å². The Bertz CT molecular complexity index is 1630. The first-order valence-corrected chi connectivity index (χ1v) is 14.0. The molecule has 1 aliphatic rings. The van der Waals surface area contributed by atoms with E-state index in [2.05, 4.69) is 27.9 Å². The monoisotopic (exact) mass is 670 g/mol. The van der Waals surface area contributed by atoms with Crippen molar-refractivity contribution in [1.29, 1.82) is 0 Å². The van der Waals surface area contributed by atoms with E-state index in [0.717, 1.165) is 3.57 Å². The number of ether oxygens (including phenoxy) is 1. The molecule has 0 aliphatic heterocycles. The zero-order valence-electron chi connectivity index (χ0n) is 21.7. The van der Waals surface area contributed by atoms with Crippen molar-refractivity contribution in [2.45, 2.75) is 31.2 Å². The third-order valence-electron chi connectivity index (χ3n) is 6.78. The Morgan fingerprint density at radius 3 is 2.66 bits per heavy atom. The van der Waals surface area contributed by atoms with E-state index in [-0.39, 0.29) is 37.3 Å². The molecule has 3 N–H and O–H groups in total. The Morgan fingerprint density at radius 2 is 1.90 bits per heavy atom. The number of rotatable bonds is 9. The van der Waals surface area contributed by atoms with Crippen LogP contribution in [0.1, 0.15) is 22.3 Å². The van der Waals surface area contributed by atoms with Gasteiger partial charge in [0, 0.05) is 36.0 Å². The quantitative estimate of drug-likeness (QED) is 0.182. The Morgan fingerprint density at radius 1 is 1.12 bits per heavy atom. The van der Waals surface area contributed by atoms with Crippen LogP contribution in [0, 0.1) is 3.57 Å². The maximum Gasteiger partial charge on any atom is 0.349 e. The van der Waals surface area contributed by atoms with Gasteiger partial charge in [-0.15, -0.1) is 0 Å². The summed E-state index contributed by atoms with van der Waals surface area (Å²) in [5.41, 5.74) is 0.186. The van der Waals surface area contributed by atoms with Gasteiger partial charge in [0.2, 0.25) is 5.91 Å². The molecule has 1 aliphatic carbocycles. The highest BCUT2D eigenvalue weighted by Gasteiger charge is 2.41. The molecule has 3 unspecified atom stereocenters. The van der Waals surface area contributed by atoms with Gasteiger partial charge in [-0.3, -0.25) is 9.59 Å². The van der Waals surface area contributed by atoms with Crippen LogP contribution in [0.3, 0.4) is 0 Å². The van der Waals surface area contributed by atoms with Gasteiger partial charge in [-0.2, -0.15) is 0 Å². The summed E-state index contributed by atoms with van der Waals surface area (Å²) in [4.78, 5) is 41.4. The van der Waals surface area contributed by atoms with Crippen LogP contribution in [0.2, 0.25) is 0 Å². The molecule has 0 bridgehead atoms. The largest absolute Gasteiger partial charge is 0.482 e. The summed E-state index contributed by atoms with van der Waals surface area (Å²) in [6.45, 7) is -0.248. The van der Waals surface area contributed by atoms with Gasteiger partial charge >= 0.3 is 5.63 Å². The summed E-state index contributed by atoms with van der Waals surface area (Å²) in [5, 5.41) is 24.0. The standard InChI is InChI=1S/C30H27IN2O8/c31-22-6-2-4-8-25(22)40-26-15-20(28(36)32-10-11-34)14-23(27(26)35)33(16-18-9-12-39-17-18)29(37)21-13-19-5-1-3-7-24(19)41-30(21)38/h1-9,12-13,15,17,23,26-27,34-35H,10-11,14,16H2,(H,32,36). The number of hydrogen-bond donors (Lipinski definition) is 3. The SMILES string of the molecule is O=C(NCCO)C1=CC(Oc2ccccc2I)C(O)C(N(Cc2ccoc2)C(=O)c2cc3ccccc3oc2=O)C1.